The zero-order valence-electron chi connectivity index (χ0n) is 24.0. The topological polar surface area (TPSA) is 114 Å². The molecule has 2 amide bonds. The van der Waals surface area contributed by atoms with Gasteiger partial charge in [-0.2, -0.15) is 13.2 Å². The fraction of sp³-hybridized carbons (Fsp3) is 0.194. The van der Waals surface area contributed by atoms with E-state index < -0.39 is 17.8 Å². The Labute approximate surface area is 255 Å². The Morgan fingerprint density at radius 1 is 0.864 bits per heavy atom. The monoisotopic (exact) mass is 619 g/mol. The van der Waals surface area contributed by atoms with Gasteiger partial charge >= 0.3 is 18.2 Å². The lowest BCUT2D eigenvalue weighted by atomic mass is 10.0. The summed E-state index contributed by atoms with van der Waals surface area (Å²) in [5.74, 6) is 0.511. The van der Waals surface area contributed by atoms with Crippen LogP contribution in [0.2, 0.25) is 0 Å². The normalized spacial score (nSPS) is 11.2. The van der Waals surface area contributed by atoms with Gasteiger partial charge in [0.2, 0.25) is 0 Å². The standard InChI is InChI=1S/C31H28F3N7O2S/c1-4-11-35-30-39-17-26(44-30)20-7-9-24(10-8-20)43-29-37-15-23(16-38-29)40-28(42)41-25-13-22(31(32,33)34)14-36-27(25)21-6-5-18(2)19(3)12-21/h5-10,12-17H,4,11H2,1-3H3,(H,35,39)(H2,40,41,42). The molecule has 3 heterocycles. The van der Waals surface area contributed by atoms with Gasteiger partial charge in [0.05, 0.1) is 39.9 Å². The van der Waals surface area contributed by atoms with Crippen molar-refractivity contribution in [2.45, 2.75) is 33.4 Å². The van der Waals surface area contributed by atoms with Crippen LogP contribution in [0.15, 0.2) is 73.3 Å². The van der Waals surface area contributed by atoms with Gasteiger partial charge in [-0.3, -0.25) is 4.98 Å². The molecule has 0 spiro atoms. The van der Waals surface area contributed by atoms with E-state index in [2.05, 4.69) is 42.8 Å². The van der Waals surface area contributed by atoms with Crippen LogP contribution in [0.4, 0.5) is 34.5 Å². The van der Waals surface area contributed by atoms with Crippen LogP contribution < -0.4 is 20.7 Å². The van der Waals surface area contributed by atoms with E-state index >= 15 is 0 Å². The fourth-order valence-corrected chi connectivity index (χ4v) is 4.91. The minimum atomic E-state index is -4.64. The molecule has 5 rings (SSSR count). The highest BCUT2D eigenvalue weighted by atomic mass is 32.1. The molecule has 2 aromatic carbocycles. The number of urea groups is 1. The first-order valence-electron chi connectivity index (χ1n) is 13.6. The molecule has 0 aliphatic rings. The number of benzene rings is 2. The fourth-order valence-electron chi connectivity index (χ4n) is 4.07. The van der Waals surface area contributed by atoms with Crippen molar-refractivity contribution in [1.82, 2.24) is 19.9 Å². The van der Waals surface area contributed by atoms with Crippen LogP contribution in [0.3, 0.4) is 0 Å². The molecular formula is C31H28F3N7O2S. The number of thiazole rings is 1. The van der Waals surface area contributed by atoms with Crippen molar-refractivity contribution in [3.8, 4) is 33.5 Å². The summed E-state index contributed by atoms with van der Waals surface area (Å²) in [5.41, 5.74) is 2.82. The molecule has 3 aromatic heterocycles. The Hall–Kier alpha value is -5.04. The van der Waals surface area contributed by atoms with Crippen molar-refractivity contribution in [2.24, 2.45) is 0 Å². The van der Waals surface area contributed by atoms with Crippen molar-refractivity contribution in [3.63, 3.8) is 0 Å². The van der Waals surface area contributed by atoms with Crippen LogP contribution in [-0.4, -0.2) is 32.5 Å². The molecule has 0 aliphatic carbocycles. The average molecular weight is 620 g/mol. The molecule has 0 saturated heterocycles. The van der Waals surface area contributed by atoms with E-state index in [1.165, 1.54) is 12.4 Å². The van der Waals surface area contributed by atoms with Gasteiger partial charge in [0.15, 0.2) is 5.13 Å². The van der Waals surface area contributed by atoms with E-state index in [9.17, 15) is 18.0 Å². The summed E-state index contributed by atoms with van der Waals surface area (Å²) < 4.78 is 46.0. The van der Waals surface area contributed by atoms with Crippen LogP contribution >= 0.6 is 11.3 Å². The predicted octanol–water partition coefficient (Wildman–Crippen LogP) is 8.56. The average Bonchev–Trinajstić information content (AvgIpc) is 3.47. The lowest BCUT2D eigenvalue weighted by Gasteiger charge is -2.15. The second-order valence-corrected chi connectivity index (χ2v) is 10.9. The largest absolute Gasteiger partial charge is 0.424 e. The number of pyridine rings is 1. The van der Waals surface area contributed by atoms with Gasteiger partial charge in [-0.1, -0.05) is 30.4 Å². The van der Waals surface area contributed by atoms with Gasteiger partial charge in [0.25, 0.3) is 0 Å². The van der Waals surface area contributed by atoms with Crippen LogP contribution in [0.1, 0.15) is 30.0 Å². The number of aryl methyl sites for hydroxylation is 2. The number of rotatable bonds is 9. The Bertz CT molecular complexity index is 1760. The summed E-state index contributed by atoms with van der Waals surface area (Å²) in [4.78, 5) is 30.5. The highest BCUT2D eigenvalue weighted by molar-refractivity contribution is 7.18. The summed E-state index contributed by atoms with van der Waals surface area (Å²) >= 11 is 1.56. The van der Waals surface area contributed by atoms with Gasteiger partial charge in [-0.05, 0) is 73.4 Å². The van der Waals surface area contributed by atoms with E-state index in [0.29, 0.717) is 11.3 Å². The molecule has 44 heavy (non-hydrogen) atoms. The summed E-state index contributed by atoms with van der Waals surface area (Å²) in [6.07, 6.45) is 1.59. The lowest BCUT2D eigenvalue weighted by Crippen LogP contribution is -2.21. The first kappa shape index (κ1) is 30.4. The van der Waals surface area contributed by atoms with Crippen LogP contribution in [0.25, 0.3) is 21.7 Å². The third-order valence-corrected chi connectivity index (χ3v) is 7.51. The summed E-state index contributed by atoms with van der Waals surface area (Å²) in [6, 6.07) is 12.9. The van der Waals surface area contributed by atoms with Crippen molar-refractivity contribution in [1.29, 1.82) is 0 Å². The van der Waals surface area contributed by atoms with Crippen molar-refractivity contribution < 1.29 is 22.7 Å². The molecule has 0 bridgehead atoms. The van der Waals surface area contributed by atoms with Crippen molar-refractivity contribution in [3.05, 3.63) is 90.0 Å². The molecular weight excluding hydrogens is 591 g/mol. The van der Waals surface area contributed by atoms with E-state index in [0.717, 1.165) is 51.9 Å². The summed E-state index contributed by atoms with van der Waals surface area (Å²) in [7, 11) is 0. The molecule has 0 radical (unpaired) electrons. The minimum absolute atomic E-state index is 0.0478. The zero-order valence-corrected chi connectivity index (χ0v) is 24.8. The Morgan fingerprint density at radius 2 is 1.59 bits per heavy atom. The predicted molar refractivity (Wildman–Crippen MR) is 165 cm³/mol. The number of anilines is 3. The molecule has 9 nitrogen and oxygen atoms in total. The Morgan fingerprint density at radius 3 is 2.27 bits per heavy atom. The number of nitrogens with zero attached hydrogens (tertiary/aromatic N) is 4. The first-order valence-corrected chi connectivity index (χ1v) is 14.4. The molecule has 13 heteroatoms. The maximum Gasteiger partial charge on any atom is 0.417 e. The highest BCUT2D eigenvalue weighted by Crippen LogP contribution is 2.35. The smallest absolute Gasteiger partial charge is 0.417 e. The Kier molecular flexibility index (Phi) is 9.04. The maximum atomic E-state index is 13.4. The van der Waals surface area contributed by atoms with E-state index in [4.69, 9.17) is 4.74 Å². The van der Waals surface area contributed by atoms with Gasteiger partial charge in [0, 0.05) is 24.5 Å². The van der Waals surface area contributed by atoms with Crippen molar-refractivity contribution in [2.75, 3.05) is 22.5 Å². The number of ether oxygens (including phenoxy) is 1. The van der Waals surface area contributed by atoms with Gasteiger partial charge in [-0.25, -0.2) is 19.7 Å². The maximum absolute atomic E-state index is 13.4. The molecule has 226 valence electrons. The summed E-state index contributed by atoms with van der Waals surface area (Å²) in [6.45, 7) is 6.76. The number of hydrogen-bond acceptors (Lipinski definition) is 8. The highest BCUT2D eigenvalue weighted by Gasteiger charge is 2.32. The number of carbonyl (C=O) groups excluding carboxylic acids is 1. The van der Waals surface area contributed by atoms with E-state index in [1.807, 2.05) is 38.2 Å². The molecule has 0 saturated carbocycles. The number of aromatic nitrogens is 4. The second kappa shape index (κ2) is 13.1. The number of halogens is 3. The zero-order chi connectivity index (χ0) is 31.3. The van der Waals surface area contributed by atoms with Gasteiger partial charge < -0.3 is 20.7 Å². The van der Waals surface area contributed by atoms with Crippen LogP contribution in [0.5, 0.6) is 11.8 Å². The van der Waals surface area contributed by atoms with Crippen LogP contribution in [-0.2, 0) is 6.18 Å². The molecule has 0 unspecified atom stereocenters. The number of hydrogen-bond donors (Lipinski definition) is 3. The third kappa shape index (κ3) is 7.48. The Balaban J connectivity index is 1.24. The number of amides is 2. The molecule has 0 fully saturated rings. The minimum Gasteiger partial charge on any atom is -0.424 e. The summed E-state index contributed by atoms with van der Waals surface area (Å²) in [5, 5.41) is 9.15. The van der Waals surface area contributed by atoms with E-state index in [-0.39, 0.29) is 23.1 Å². The second-order valence-electron chi connectivity index (χ2n) is 9.83. The third-order valence-electron chi connectivity index (χ3n) is 6.51. The quantitative estimate of drug-likeness (QED) is 0.151. The number of carbonyl (C=O) groups is 1. The SMILES string of the molecule is CCCNc1ncc(-c2ccc(Oc3ncc(NC(=O)Nc4cc(C(F)(F)F)cnc4-c4ccc(C)c(C)c4)cn3)cc2)s1. The van der Waals surface area contributed by atoms with Crippen molar-refractivity contribution >= 4 is 33.9 Å². The van der Waals surface area contributed by atoms with Crippen LogP contribution in [0, 0.1) is 13.8 Å². The molecule has 3 N–H and O–H groups in total. The van der Waals surface area contributed by atoms with Gasteiger partial charge in [-0.15, -0.1) is 0 Å². The molecule has 5 aromatic rings. The molecule has 0 aliphatic heterocycles. The number of alkyl halides is 3. The lowest BCUT2D eigenvalue weighted by molar-refractivity contribution is -0.137. The van der Waals surface area contributed by atoms with E-state index in [1.54, 1.807) is 35.6 Å². The number of nitrogens with one attached hydrogen (secondary N) is 3. The molecule has 0 atom stereocenters. The first-order chi connectivity index (χ1) is 21.1. The van der Waals surface area contributed by atoms with Gasteiger partial charge in [0.1, 0.15) is 5.75 Å².